The third-order valence-electron chi connectivity index (χ3n) is 3.39. The van der Waals surface area contributed by atoms with Crippen molar-refractivity contribution in [3.8, 4) is 0 Å². The van der Waals surface area contributed by atoms with Gasteiger partial charge in [0.25, 0.3) is 0 Å². The van der Waals surface area contributed by atoms with Crippen LogP contribution >= 0.6 is 11.8 Å². The number of methoxy groups -OCH3 is 1. The van der Waals surface area contributed by atoms with E-state index in [1.54, 1.807) is 23.9 Å². The molecule has 1 aromatic carbocycles. The summed E-state index contributed by atoms with van der Waals surface area (Å²) >= 11 is 1.69. The molecule has 98 valence electrons. The van der Waals surface area contributed by atoms with E-state index in [2.05, 4.69) is 0 Å². The monoisotopic (exact) mass is 265 g/mol. The molecule has 0 aromatic heterocycles. The first-order valence-electron chi connectivity index (χ1n) is 6.32. The van der Waals surface area contributed by atoms with Crippen LogP contribution in [0.2, 0.25) is 0 Å². The largest absolute Gasteiger partial charge is 0.465 e. The van der Waals surface area contributed by atoms with Gasteiger partial charge in [0, 0.05) is 16.3 Å². The van der Waals surface area contributed by atoms with Gasteiger partial charge in [-0.25, -0.2) is 4.79 Å². The molecule has 0 unspecified atom stereocenters. The first kappa shape index (κ1) is 13.3. The first-order chi connectivity index (χ1) is 8.72. The molecule has 0 spiro atoms. The number of carbonyl (C=O) groups is 1. The number of nitrogens with two attached hydrogens (primary N) is 1. The van der Waals surface area contributed by atoms with Gasteiger partial charge in [0.05, 0.1) is 12.7 Å². The smallest absolute Gasteiger partial charge is 0.339 e. The lowest BCUT2D eigenvalue weighted by Crippen LogP contribution is -2.06. The quantitative estimate of drug-likeness (QED) is 0.515. The van der Waals surface area contributed by atoms with E-state index in [1.165, 1.54) is 32.8 Å². The van der Waals surface area contributed by atoms with Crippen molar-refractivity contribution in [2.75, 3.05) is 18.6 Å². The van der Waals surface area contributed by atoms with Crippen molar-refractivity contribution in [1.29, 1.82) is 0 Å². The Kier molecular flexibility index (Phi) is 4.53. The van der Waals surface area contributed by atoms with Gasteiger partial charge in [-0.15, -0.1) is 11.8 Å². The number of rotatable bonds is 4. The normalized spacial score (nSPS) is 15.8. The lowest BCUT2D eigenvalue weighted by molar-refractivity contribution is 0.0597. The van der Waals surface area contributed by atoms with E-state index in [9.17, 15) is 4.79 Å². The number of anilines is 1. The average Bonchev–Trinajstić information content (AvgIpc) is 2.89. The fourth-order valence-corrected chi connectivity index (χ4v) is 3.64. The number of esters is 1. The third kappa shape index (κ3) is 2.99. The first-order valence-corrected chi connectivity index (χ1v) is 7.30. The molecule has 18 heavy (non-hydrogen) atoms. The number of thioether (sulfide) groups is 1. The Morgan fingerprint density at radius 3 is 2.83 bits per heavy atom. The highest BCUT2D eigenvalue weighted by Crippen LogP contribution is 2.35. The van der Waals surface area contributed by atoms with Gasteiger partial charge in [-0.1, -0.05) is 18.9 Å². The minimum Gasteiger partial charge on any atom is -0.465 e. The van der Waals surface area contributed by atoms with Crippen LogP contribution in [0.15, 0.2) is 23.1 Å². The van der Waals surface area contributed by atoms with Crippen LogP contribution < -0.4 is 5.73 Å². The van der Waals surface area contributed by atoms with Crippen molar-refractivity contribution in [1.82, 2.24) is 0 Å². The highest BCUT2D eigenvalue weighted by Gasteiger charge is 2.19. The van der Waals surface area contributed by atoms with Gasteiger partial charge in [0.2, 0.25) is 0 Å². The van der Waals surface area contributed by atoms with Crippen LogP contribution in [0.25, 0.3) is 0 Å². The van der Waals surface area contributed by atoms with Crippen LogP contribution in [0.3, 0.4) is 0 Å². The number of hydrogen-bond acceptors (Lipinski definition) is 4. The summed E-state index contributed by atoms with van der Waals surface area (Å²) in [4.78, 5) is 12.6. The Labute approximate surface area is 112 Å². The number of nitrogen functional groups attached to an aromatic ring is 1. The minimum absolute atomic E-state index is 0.309. The molecule has 2 rings (SSSR count). The van der Waals surface area contributed by atoms with Crippen LogP contribution in [-0.4, -0.2) is 18.8 Å². The maximum absolute atomic E-state index is 11.7. The van der Waals surface area contributed by atoms with Gasteiger partial charge >= 0.3 is 5.97 Å². The van der Waals surface area contributed by atoms with E-state index in [0.29, 0.717) is 11.3 Å². The summed E-state index contributed by atoms with van der Waals surface area (Å²) in [6.07, 6.45) is 5.26. The molecule has 0 bridgehead atoms. The van der Waals surface area contributed by atoms with E-state index in [0.717, 1.165) is 16.6 Å². The molecule has 1 saturated carbocycles. The van der Waals surface area contributed by atoms with Gasteiger partial charge < -0.3 is 10.5 Å². The lowest BCUT2D eigenvalue weighted by atomic mass is 10.1. The van der Waals surface area contributed by atoms with Gasteiger partial charge in [-0.3, -0.25) is 0 Å². The summed E-state index contributed by atoms with van der Waals surface area (Å²) in [7, 11) is 1.40. The standard InChI is InChI=1S/C14H19NO2S/c1-17-14(16)11-7-4-8-12(15)13(11)18-9-10-5-2-3-6-10/h4,7-8,10H,2-3,5-6,9,15H2,1H3. The minimum atomic E-state index is -0.309. The Morgan fingerprint density at radius 1 is 1.44 bits per heavy atom. The second-order valence-electron chi connectivity index (χ2n) is 4.68. The lowest BCUT2D eigenvalue weighted by Gasteiger charge is -2.13. The molecule has 3 nitrogen and oxygen atoms in total. The third-order valence-corrected chi connectivity index (χ3v) is 4.77. The van der Waals surface area contributed by atoms with E-state index >= 15 is 0 Å². The molecule has 4 heteroatoms. The Morgan fingerprint density at radius 2 is 2.17 bits per heavy atom. The average molecular weight is 265 g/mol. The Balaban J connectivity index is 2.11. The molecule has 0 aliphatic heterocycles. The highest BCUT2D eigenvalue weighted by atomic mass is 32.2. The van der Waals surface area contributed by atoms with E-state index in [-0.39, 0.29) is 5.97 Å². The van der Waals surface area contributed by atoms with Crippen molar-refractivity contribution in [2.45, 2.75) is 30.6 Å². The zero-order chi connectivity index (χ0) is 13.0. The number of hydrogen-bond donors (Lipinski definition) is 1. The second kappa shape index (κ2) is 6.14. The molecule has 0 heterocycles. The molecule has 0 amide bonds. The summed E-state index contributed by atoms with van der Waals surface area (Å²) in [6.45, 7) is 0. The van der Waals surface area contributed by atoms with Crippen molar-refractivity contribution in [3.63, 3.8) is 0 Å². The van der Waals surface area contributed by atoms with Crippen LogP contribution in [-0.2, 0) is 4.74 Å². The Bertz CT molecular complexity index is 428. The molecule has 1 fully saturated rings. The zero-order valence-corrected chi connectivity index (χ0v) is 11.5. The van der Waals surface area contributed by atoms with Crippen LogP contribution in [0, 0.1) is 5.92 Å². The number of benzene rings is 1. The summed E-state index contributed by atoms with van der Waals surface area (Å²) in [5.41, 5.74) is 7.22. The van der Waals surface area contributed by atoms with Crippen molar-refractivity contribution >= 4 is 23.4 Å². The predicted octanol–water partition coefficient (Wildman–Crippen LogP) is 3.34. The van der Waals surface area contributed by atoms with Crippen LogP contribution in [0.1, 0.15) is 36.0 Å². The van der Waals surface area contributed by atoms with E-state index in [4.69, 9.17) is 10.5 Å². The topological polar surface area (TPSA) is 52.3 Å². The Hall–Kier alpha value is -1.16. The van der Waals surface area contributed by atoms with Crippen molar-refractivity contribution in [2.24, 2.45) is 5.92 Å². The summed E-state index contributed by atoms with van der Waals surface area (Å²) in [6, 6.07) is 5.41. The molecule has 1 aliphatic rings. The summed E-state index contributed by atoms with van der Waals surface area (Å²) < 4.78 is 4.80. The van der Waals surface area contributed by atoms with Crippen molar-refractivity contribution < 1.29 is 9.53 Å². The molecule has 0 atom stereocenters. The van der Waals surface area contributed by atoms with E-state index in [1.807, 2.05) is 6.07 Å². The SMILES string of the molecule is COC(=O)c1cccc(N)c1SCC1CCCC1. The van der Waals surface area contributed by atoms with Gasteiger partial charge in [0.15, 0.2) is 0 Å². The number of carbonyl (C=O) groups excluding carboxylic acids is 1. The molecular formula is C14H19NO2S. The van der Waals surface area contributed by atoms with Gasteiger partial charge in [-0.05, 0) is 30.9 Å². The molecular weight excluding hydrogens is 246 g/mol. The summed E-state index contributed by atoms with van der Waals surface area (Å²) in [5, 5.41) is 0. The van der Waals surface area contributed by atoms with Crippen molar-refractivity contribution in [3.05, 3.63) is 23.8 Å². The molecule has 1 aliphatic carbocycles. The molecule has 1 aromatic rings. The summed E-state index contributed by atoms with van der Waals surface area (Å²) in [5.74, 6) is 1.49. The fourth-order valence-electron chi connectivity index (χ4n) is 2.36. The van der Waals surface area contributed by atoms with E-state index < -0.39 is 0 Å². The maximum atomic E-state index is 11.7. The van der Waals surface area contributed by atoms with Crippen LogP contribution in [0.5, 0.6) is 0 Å². The fraction of sp³-hybridized carbons (Fsp3) is 0.500. The highest BCUT2D eigenvalue weighted by molar-refractivity contribution is 7.99. The number of ether oxygens (including phenoxy) is 1. The zero-order valence-electron chi connectivity index (χ0n) is 10.6. The maximum Gasteiger partial charge on any atom is 0.339 e. The van der Waals surface area contributed by atoms with Gasteiger partial charge in [-0.2, -0.15) is 0 Å². The molecule has 2 N–H and O–H groups in total. The van der Waals surface area contributed by atoms with Crippen LogP contribution in [0.4, 0.5) is 5.69 Å². The second-order valence-corrected chi connectivity index (χ2v) is 5.71. The molecule has 0 saturated heterocycles. The molecule has 0 radical (unpaired) electrons. The predicted molar refractivity (Wildman–Crippen MR) is 74.9 cm³/mol. The van der Waals surface area contributed by atoms with Gasteiger partial charge in [0.1, 0.15) is 0 Å².